The van der Waals surface area contributed by atoms with E-state index in [1.807, 2.05) is 6.92 Å². The van der Waals surface area contributed by atoms with Gasteiger partial charge in [-0.2, -0.15) is 0 Å². The Morgan fingerprint density at radius 2 is 2.12 bits per heavy atom. The molecule has 1 fully saturated rings. The first kappa shape index (κ1) is 12.0. The number of carbonyl (C=O) groups is 1. The maximum Gasteiger partial charge on any atom is 0.234 e. The Balaban J connectivity index is 2.16. The van der Waals surface area contributed by atoms with Crippen molar-refractivity contribution in [1.29, 1.82) is 0 Å². The second-order valence-electron chi connectivity index (χ2n) is 4.53. The Hall–Kier alpha value is -1.42. The minimum atomic E-state index is -0.267. The van der Waals surface area contributed by atoms with Crippen molar-refractivity contribution >= 4 is 5.91 Å². The summed E-state index contributed by atoms with van der Waals surface area (Å²) in [6.45, 7) is 2.89. The molecule has 0 aliphatic carbocycles. The van der Waals surface area contributed by atoms with Gasteiger partial charge < -0.3 is 5.73 Å². The van der Waals surface area contributed by atoms with Crippen LogP contribution >= 0.6 is 0 Å². The Morgan fingerprint density at radius 1 is 1.47 bits per heavy atom. The van der Waals surface area contributed by atoms with Crippen molar-refractivity contribution in [3.63, 3.8) is 0 Å². The fraction of sp³-hybridized carbons (Fsp3) is 0.462. The third-order valence-corrected chi connectivity index (χ3v) is 3.47. The topological polar surface area (TPSA) is 46.3 Å². The minimum Gasteiger partial charge on any atom is -0.368 e. The highest BCUT2D eigenvalue weighted by molar-refractivity contribution is 5.80. The Bertz CT molecular complexity index is 404. The number of nitrogens with two attached hydrogens (primary N) is 1. The van der Waals surface area contributed by atoms with E-state index in [0.29, 0.717) is 0 Å². The van der Waals surface area contributed by atoms with Gasteiger partial charge in [-0.15, -0.1) is 0 Å². The van der Waals surface area contributed by atoms with Gasteiger partial charge >= 0.3 is 0 Å². The van der Waals surface area contributed by atoms with Crippen LogP contribution in [0.5, 0.6) is 0 Å². The van der Waals surface area contributed by atoms with E-state index in [0.717, 1.165) is 24.9 Å². The Morgan fingerprint density at radius 3 is 2.71 bits per heavy atom. The Labute approximate surface area is 100 Å². The van der Waals surface area contributed by atoms with Gasteiger partial charge in [-0.25, -0.2) is 4.39 Å². The van der Waals surface area contributed by atoms with Crippen molar-refractivity contribution in [2.24, 2.45) is 5.73 Å². The summed E-state index contributed by atoms with van der Waals surface area (Å²) in [5.74, 6) is -0.509. The van der Waals surface area contributed by atoms with Gasteiger partial charge in [0, 0.05) is 6.04 Å². The molecule has 1 aliphatic heterocycles. The average molecular weight is 236 g/mol. The van der Waals surface area contributed by atoms with Gasteiger partial charge in [0.2, 0.25) is 5.91 Å². The second kappa shape index (κ2) is 4.84. The molecule has 0 bridgehead atoms. The van der Waals surface area contributed by atoms with Gasteiger partial charge in [0.05, 0.1) is 6.04 Å². The molecule has 0 spiro atoms. The van der Waals surface area contributed by atoms with E-state index in [1.54, 1.807) is 12.1 Å². The summed E-state index contributed by atoms with van der Waals surface area (Å²) in [6, 6.07) is 6.32. The standard InChI is InChI=1S/C13H17FN2O/c1-9(10-4-6-11(14)7-5-10)16-8-2-3-12(16)13(15)17/h4-7,9,12H,2-3,8H2,1H3,(H2,15,17)/t9-,12?/m0/s1. The molecule has 2 rings (SSSR count). The number of benzene rings is 1. The zero-order valence-electron chi connectivity index (χ0n) is 9.90. The first-order valence-corrected chi connectivity index (χ1v) is 5.90. The molecule has 4 heteroatoms. The summed E-state index contributed by atoms with van der Waals surface area (Å²) in [5.41, 5.74) is 6.40. The van der Waals surface area contributed by atoms with Crippen LogP contribution in [0.1, 0.15) is 31.4 Å². The highest BCUT2D eigenvalue weighted by Gasteiger charge is 2.32. The molecule has 3 nitrogen and oxygen atoms in total. The molecule has 1 aliphatic rings. The molecule has 1 unspecified atom stereocenters. The van der Waals surface area contributed by atoms with E-state index in [9.17, 15) is 9.18 Å². The molecule has 1 heterocycles. The number of nitrogens with zero attached hydrogens (tertiary/aromatic N) is 1. The molecule has 0 radical (unpaired) electrons. The van der Waals surface area contributed by atoms with Crippen LogP contribution in [0, 0.1) is 5.82 Å². The molecule has 1 saturated heterocycles. The molecule has 2 atom stereocenters. The van der Waals surface area contributed by atoms with E-state index < -0.39 is 0 Å². The van der Waals surface area contributed by atoms with E-state index in [-0.39, 0.29) is 23.8 Å². The second-order valence-corrected chi connectivity index (χ2v) is 4.53. The first-order valence-electron chi connectivity index (χ1n) is 5.90. The van der Waals surface area contributed by atoms with Crippen molar-refractivity contribution in [2.45, 2.75) is 31.8 Å². The molecule has 17 heavy (non-hydrogen) atoms. The van der Waals surface area contributed by atoms with Crippen LogP contribution < -0.4 is 5.73 Å². The smallest absolute Gasteiger partial charge is 0.234 e. The lowest BCUT2D eigenvalue weighted by atomic mass is 10.1. The normalized spacial score (nSPS) is 22.6. The highest BCUT2D eigenvalue weighted by atomic mass is 19.1. The third kappa shape index (κ3) is 2.47. The summed E-state index contributed by atoms with van der Waals surface area (Å²) in [4.78, 5) is 13.4. The Kier molecular flexibility index (Phi) is 3.43. The lowest BCUT2D eigenvalue weighted by Gasteiger charge is -2.29. The largest absolute Gasteiger partial charge is 0.368 e. The number of amides is 1. The predicted octanol–water partition coefficient (Wildman–Crippen LogP) is 1.84. The number of primary amides is 1. The van der Waals surface area contributed by atoms with Crippen LogP contribution in [-0.4, -0.2) is 23.4 Å². The SMILES string of the molecule is C[C@@H](c1ccc(F)cc1)N1CCCC1C(N)=O. The number of hydrogen-bond acceptors (Lipinski definition) is 2. The molecule has 0 aromatic heterocycles. The average Bonchev–Trinajstić information content (AvgIpc) is 2.78. The third-order valence-electron chi connectivity index (χ3n) is 3.47. The van der Waals surface area contributed by atoms with Crippen LogP contribution in [0.4, 0.5) is 4.39 Å². The lowest BCUT2D eigenvalue weighted by Crippen LogP contribution is -2.41. The summed E-state index contributed by atoms with van der Waals surface area (Å²) in [6.07, 6.45) is 1.81. The van der Waals surface area contributed by atoms with Crippen LogP contribution in [0.15, 0.2) is 24.3 Å². The fourth-order valence-electron chi connectivity index (χ4n) is 2.49. The van der Waals surface area contributed by atoms with Crippen LogP contribution in [0.3, 0.4) is 0 Å². The van der Waals surface area contributed by atoms with Gasteiger partial charge in [-0.05, 0) is 44.0 Å². The van der Waals surface area contributed by atoms with Gasteiger partial charge in [0.15, 0.2) is 0 Å². The summed E-state index contributed by atoms with van der Waals surface area (Å²) in [5, 5.41) is 0. The molecule has 1 aromatic carbocycles. The van der Waals surface area contributed by atoms with Crippen LogP contribution in [-0.2, 0) is 4.79 Å². The minimum absolute atomic E-state index is 0.0931. The summed E-state index contributed by atoms with van der Waals surface area (Å²) >= 11 is 0. The molecule has 2 N–H and O–H groups in total. The number of likely N-dealkylation sites (tertiary alicyclic amines) is 1. The van der Waals surface area contributed by atoms with Crippen LogP contribution in [0.25, 0.3) is 0 Å². The van der Waals surface area contributed by atoms with Crippen molar-refractivity contribution in [1.82, 2.24) is 4.90 Å². The quantitative estimate of drug-likeness (QED) is 0.870. The number of hydrogen-bond donors (Lipinski definition) is 1. The molecule has 1 aromatic rings. The number of rotatable bonds is 3. The van der Waals surface area contributed by atoms with E-state index >= 15 is 0 Å². The summed E-state index contributed by atoms with van der Waals surface area (Å²) in [7, 11) is 0. The lowest BCUT2D eigenvalue weighted by molar-refractivity contribution is -0.122. The molecular weight excluding hydrogens is 219 g/mol. The maximum absolute atomic E-state index is 12.8. The van der Waals surface area contributed by atoms with Crippen LogP contribution in [0.2, 0.25) is 0 Å². The van der Waals surface area contributed by atoms with Gasteiger partial charge in [0.1, 0.15) is 5.82 Å². The van der Waals surface area contributed by atoms with Crippen molar-refractivity contribution in [3.8, 4) is 0 Å². The highest BCUT2D eigenvalue weighted by Crippen LogP contribution is 2.28. The van der Waals surface area contributed by atoms with Gasteiger partial charge in [0.25, 0.3) is 0 Å². The first-order chi connectivity index (χ1) is 8.09. The van der Waals surface area contributed by atoms with Crippen molar-refractivity contribution in [3.05, 3.63) is 35.6 Å². The van der Waals surface area contributed by atoms with E-state index in [1.165, 1.54) is 12.1 Å². The van der Waals surface area contributed by atoms with Crippen molar-refractivity contribution < 1.29 is 9.18 Å². The summed E-state index contributed by atoms with van der Waals surface area (Å²) < 4.78 is 12.8. The maximum atomic E-state index is 12.8. The van der Waals surface area contributed by atoms with E-state index in [4.69, 9.17) is 5.73 Å². The van der Waals surface area contributed by atoms with E-state index in [2.05, 4.69) is 4.90 Å². The zero-order chi connectivity index (χ0) is 12.4. The molecular formula is C13H17FN2O. The zero-order valence-corrected chi connectivity index (χ0v) is 9.90. The molecule has 1 amide bonds. The number of halogens is 1. The molecule has 92 valence electrons. The number of carbonyl (C=O) groups excluding carboxylic acids is 1. The van der Waals surface area contributed by atoms with Gasteiger partial charge in [-0.1, -0.05) is 12.1 Å². The molecule has 0 saturated carbocycles. The predicted molar refractivity (Wildman–Crippen MR) is 63.7 cm³/mol. The van der Waals surface area contributed by atoms with Gasteiger partial charge in [-0.3, -0.25) is 9.69 Å². The van der Waals surface area contributed by atoms with Crippen molar-refractivity contribution in [2.75, 3.05) is 6.54 Å². The fourth-order valence-corrected chi connectivity index (χ4v) is 2.49. The monoisotopic (exact) mass is 236 g/mol.